The van der Waals surface area contributed by atoms with Crippen LogP contribution in [-0.4, -0.2) is 34.1 Å². The van der Waals surface area contributed by atoms with E-state index in [1.165, 1.54) is 10.5 Å². The predicted octanol–water partition coefficient (Wildman–Crippen LogP) is 3.28. The molecule has 2 N–H and O–H groups in total. The number of amides is 2. The summed E-state index contributed by atoms with van der Waals surface area (Å²) in [5, 5.41) is 12.1. The Kier molecular flexibility index (Phi) is 4.21. The number of nitrogens with one attached hydrogen (secondary N) is 1. The molecular weight excluding hydrogens is 268 g/mol. The minimum atomic E-state index is -1.11. The molecule has 1 saturated heterocycles. The van der Waals surface area contributed by atoms with Gasteiger partial charge >= 0.3 is 12.0 Å². The van der Waals surface area contributed by atoms with Gasteiger partial charge in [-0.3, -0.25) is 0 Å². The number of hydrogen-bond acceptors (Lipinski definition) is 2. The second-order valence-corrected chi connectivity index (χ2v) is 6.04. The van der Waals surface area contributed by atoms with Crippen LogP contribution in [0, 0.1) is 0 Å². The predicted molar refractivity (Wildman–Crippen MR) is 81.5 cm³/mol. The van der Waals surface area contributed by atoms with E-state index in [-0.39, 0.29) is 6.03 Å². The first kappa shape index (κ1) is 15.4. The van der Waals surface area contributed by atoms with E-state index in [4.69, 9.17) is 0 Å². The van der Waals surface area contributed by atoms with Crippen LogP contribution in [0.3, 0.4) is 0 Å². The number of carboxylic acid groups (broad SMARTS) is 1. The van der Waals surface area contributed by atoms with Gasteiger partial charge < -0.3 is 15.3 Å². The first-order valence-electron chi connectivity index (χ1n) is 7.26. The van der Waals surface area contributed by atoms with Gasteiger partial charge in [0.05, 0.1) is 0 Å². The number of carbonyl (C=O) groups is 2. The molecule has 1 atom stereocenters. The zero-order valence-electron chi connectivity index (χ0n) is 12.7. The molecule has 0 aliphatic carbocycles. The molecule has 5 nitrogen and oxygen atoms in total. The molecule has 0 saturated carbocycles. The van der Waals surface area contributed by atoms with Crippen molar-refractivity contribution in [3.63, 3.8) is 0 Å². The molecule has 21 heavy (non-hydrogen) atoms. The number of aliphatic carboxylic acids is 1. The second-order valence-electron chi connectivity index (χ2n) is 6.04. The van der Waals surface area contributed by atoms with E-state index in [2.05, 4.69) is 19.2 Å². The van der Waals surface area contributed by atoms with Gasteiger partial charge in [0.1, 0.15) is 5.54 Å². The van der Waals surface area contributed by atoms with E-state index >= 15 is 0 Å². The van der Waals surface area contributed by atoms with Crippen LogP contribution in [0.15, 0.2) is 24.3 Å². The molecule has 1 fully saturated rings. The van der Waals surface area contributed by atoms with Gasteiger partial charge in [-0.1, -0.05) is 26.0 Å². The molecule has 2 rings (SSSR count). The Hall–Kier alpha value is -2.04. The van der Waals surface area contributed by atoms with Crippen LogP contribution in [0.5, 0.6) is 0 Å². The highest BCUT2D eigenvalue weighted by Crippen LogP contribution is 2.30. The van der Waals surface area contributed by atoms with Gasteiger partial charge in [0.15, 0.2) is 0 Å². The average molecular weight is 290 g/mol. The van der Waals surface area contributed by atoms with Gasteiger partial charge in [-0.25, -0.2) is 9.59 Å². The summed E-state index contributed by atoms with van der Waals surface area (Å²) in [4.78, 5) is 25.1. The highest BCUT2D eigenvalue weighted by molar-refractivity contribution is 5.94. The monoisotopic (exact) mass is 290 g/mol. The van der Waals surface area contributed by atoms with Crippen LogP contribution >= 0.6 is 0 Å². The first-order valence-corrected chi connectivity index (χ1v) is 7.26. The number of benzene rings is 1. The van der Waals surface area contributed by atoms with Gasteiger partial charge in [-0.15, -0.1) is 0 Å². The molecule has 2 amide bonds. The smallest absolute Gasteiger partial charge is 0.329 e. The Bertz CT molecular complexity index is 539. The topological polar surface area (TPSA) is 69.6 Å². The van der Waals surface area contributed by atoms with Crippen LogP contribution in [0.4, 0.5) is 10.5 Å². The molecule has 1 aromatic carbocycles. The number of carbonyl (C=O) groups excluding carboxylic acids is 1. The van der Waals surface area contributed by atoms with Crippen molar-refractivity contribution >= 4 is 17.7 Å². The van der Waals surface area contributed by atoms with Crippen LogP contribution in [0.1, 0.15) is 45.1 Å². The number of carboxylic acids is 1. The molecule has 114 valence electrons. The maximum absolute atomic E-state index is 12.3. The number of hydrogen-bond donors (Lipinski definition) is 2. The summed E-state index contributed by atoms with van der Waals surface area (Å²) in [7, 11) is 0. The van der Waals surface area contributed by atoms with Gasteiger partial charge in [0.2, 0.25) is 0 Å². The number of nitrogens with zero attached hydrogens (tertiary/aromatic N) is 1. The van der Waals surface area contributed by atoms with Crippen molar-refractivity contribution in [3.05, 3.63) is 29.8 Å². The van der Waals surface area contributed by atoms with Gasteiger partial charge in [0.25, 0.3) is 0 Å². The Labute approximate surface area is 125 Å². The lowest BCUT2D eigenvalue weighted by Crippen LogP contribution is -2.52. The average Bonchev–Trinajstić information content (AvgIpc) is 2.83. The van der Waals surface area contributed by atoms with Gasteiger partial charge in [-0.2, -0.15) is 0 Å². The van der Waals surface area contributed by atoms with Crippen molar-refractivity contribution in [1.29, 1.82) is 0 Å². The summed E-state index contributed by atoms with van der Waals surface area (Å²) in [6.45, 7) is 6.29. The Balaban J connectivity index is 2.09. The van der Waals surface area contributed by atoms with E-state index in [1.807, 2.05) is 24.3 Å². The molecule has 0 aromatic heterocycles. The van der Waals surface area contributed by atoms with Gasteiger partial charge in [-0.05, 0) is 43.4 Å². The summed E-state index contributed by atoms with van der Waals surface area (Å²) in [6.07, 6.45) is 1.20. The molecule has 1 heterocycles. The van der Waals surface area contributed by atoms with Crippen LogP contribution in [-0.2, 0) is 4.79 Å². The van der Waals surface area contributed by atoms with Crippen LogP contribution in [0.25, 0.3) is 0 Å². The Morgan fingerprint density at radius 3 is 2.43 bits per heavy atom. The summed E-state index contributed by atoms with van der Waals surface area (Å²) in [5.41, 5.74) is 0.774. The molecule has 1 aliphatic heterocycles. The molecule has 1 aromatic rings. The van der Waals surface area contributed by atoms with Crippen molar-refractivity contribution in [2.45, 2.75) is 45.1 Å². The van der Waals surface area contributed by atoms with E-state index in [0.29, 0.717) is 31.0 Å². The SMILES string of the molecule is CC(C)c1ccc(NC(=O)N2CCC[C@]2(C)C(=O)O)cc1. The zero-order valence-corrected chi connectivity index (χ0v) is 12.7. The third-order valence-electron chi connectivity index (χ3n) is 4.18. The summed E-state index contributed by atoms with van der Waals surface area (Å²) < 4.78 is 0. The highest BCUT2D eigenvalue weighted by Gasteiger charge is 2.45. The molecule has 0 unspecified atom stereocenters. The zero-order chi connectivity index (χ0) is 15.6. The standard InChI is InChI=1S/C16H22N2O3/c1-11(2)12-5-7-13(8-6-12)17-15(21)18-10-4-9-16(18,3)14(19)20/h5-8,11H,4,9-10H2,1-3H3,(H,17,21)(H,19,20)/t16-/m1/s1. The summed E-state index contributed by atoms with van der Waals surface area (Å²) >= 11 is 0. The van der Waals surface area contributed by atoms with Crippen molar-refractivity contribution in [2.75, 3.05) is 11.9 Å². The van der Waals surface area contributed by atoms with Crippen molar-refractivity contribution in [1.82, 2.24) is 4.90 Å². The fourth-order valence-corrected chi connectivity index (χ4v) is 2.65. The Morgan fingerprint density at radius 2 is 1.90 bits per heavy atom. The highest BCUT2D eigenvalue weighted by atomic mass is 16.4. The molecule has 1 aliphatic rings. The molecule has 5 heteroatoms. The fraction of sp³-hybridized carbons (Fsp3) is 0.500. The maximum atomic E-state index is 12.3. The number of likely N-dealkylation sites (tertiary alicyclic amines) is 1. The van der Waals surface area contributed by atoms with Crippen LogP contribution < -0.4 is 5.32 Å². The van der Waals surface area contributed by atoms with Crippen LogP contribution in [0.2, 0.25) is 0 Å². The second kappa shape index (κ2) is 5.76. The molecule has 0 bridgehead atoms. The summed E-state index contributed by atoms with van der Waals surface area (Å²) in [6, 6.07) is 7.29. The molecule has 0 spiro atoms. The minimum absolute atomic E-state index is 0.352. The Morgan fingerprint density at radius 1 is 1.29 bits per heavy atom. The maximum Gasteiger partial charge on any atom is 0.329 e. The number of rotatable bonds is 3. The molecular formula is C16H22N2O3. The third-order valence-corrected chi connectivity index (χ3v) is 4.18. The van der Waals surface area contributed by atoms with E-state index in [1.54, 1.807) is 6.92 Å². The lowest BCUT2D eigenvalue weighted by atomic mass is 10.00. The third kappa shape index (κ3) is 3.01. The van der Waals surface area contributed by atoms with E-state index in [9.17, 15) is 14.7 Å². The normalized spacial score (nSPS) is 21.6. The van der Waals surface area contributed by atoms with Crippen molar-refractivity contribution in [3.8, 4) is 0 Å². The minimum Gasteiger partial charge on any atom is -0.480 e. The first-order chi connectivity index (χ1) is 9.84. The number of urea groups is 1. The number of anilines is 1. The lowest BCUT2D eigenvalue weighted by molar-refractivity contribution is -0.146. The molecule has 0 radical (unpaired) electrons. The fourth-order valence-electron chi connectivity index (χ4n) is 2.65. The van der Waals surface area contributed by atoms with Gasteiger partial charge in [0, 0.05) is 12.2 Å². The van der Waals surface area contributed by atoms with Crippen molar-refractivity contribution in [2.24, 2.45) is 0 Å². The summed E-state index contributed by atoms with van der Waals surface area (Å²) in [5.74, 6) is -0.519. The van der Waals surface area contributed by atoms with Crippen molar-refractivity contribution < 1.29 is 14.7 Å². The van der Waals surface area contributed by atoms with E-state index in [0.717, 1.165) is 0 Å². The quantitative estimate of drug-likeness (QED) is 0.897. The van der Waals surface area contributed by atoms with E-state index < -0.39 is 11.5 Å². The lowest BCUT2D eigenvalue weighted by Gasteiger charge is -2.31. The largest absolute Gasteiger partial charge is 0.480 e.